The summed E-state index contributed by atoms with van der Waals surface area (Å²) in [6.45, 7) is 7.01. The largest absolute Gasteiger partial charge is 1.00 e. The molecule has 8 heteroatoms. The molecular formula is C21H30NNaO6. The average molecular weight is 415 g/mol. The first kappa shape index (κ1) is 29.5. The van der Waals surface area contributed by atoms with E-state index in [2.05, 4.69) is 6.58 Å². The monoisotopic (exact) mass is 415 g/mol. The zero-order chi connectivity index (χ0) is 21.4. The summed E-state index contributed by atoms with van der Waals surface area (Å²) in [4.78, 5) is 49.3. The molecule has 0 aromatic carbocycles. The van der Waals surface area contributed by atoms with Gasteiger partial charge in [-0.1, -0.05) is 37.0 Å². The van der Waals surface area contributed by atoms with Gasteiger partial charge < -0.3 is 14.6 Å². The summed E-state index contributed by atoms with van der Waals surface area (Å²) in [5.74, 6) is -3.78. The van der Waals surface area contributed by atoms with Crippen molar-refractivity contribution in [2.75, 3.05) is 6.61 Å². The van der Waals surface area contributed by atoms with Gasteiger partial charge in [-0.05, 0) is 39.5 Å². The van der Waals surface area contributed by atoms with Crippen molar-refractivity contribution in [3.63, 3.8) is 0 Å². The van der Waals surface area contributed by atoms with Crippen LogP contribution in [-0.4, -0.2) is 41.3 Å². The number of hydrogen-bond donors (Lipinski definition) is 0. The topological polar surface area (TPSA) is 104 Å². The van der Waals surface area contributed by atoms with E-state index in [1.54, 1.807) is 0 Å². The molecule has 0 rings (SSSR count). The van der Waals surface area contributed by atoms with Crippen LogP contribution in [0.1, 0.15) is 58.8 Å². The molecule has 29 heavy (non-hydrogen) atoms. The van der Waals surface area contributed by atoms with E-state index >= 15 is 0 Å². The van der Waals surface area contributed by atoms with Gasteiger partial charge in [0.15, 0.2) is 0 Å². The standard InChI is InChI=1S/C21H31NO6.Na/c1-4-7-9-11-13-18(23)22(19(24)14-12-10-8-5-2)17(21(26)27)16-20(25)28-15-6-3;/h4-8,17H,3,9-16H2,1-2H3,(H,26,27);/q;+1/p-1/b7-4+,8-5+;. The fourth-order valence-corrected chi connectivity index (χ4v) is 2.45. The van der Waals surface area contributed by atoms with Gasteiger partial charge in [-0.25, -0.2) is 0 Å². The number of allylic oxidation sites excluding steroid dienone is 4. The van der Waals surface area contributed by atoms with Gasteiger partial charge in [-0.3, -0.25) is 19.3 Å². The summed E-state index contributed by atoms with van der Waals surface area (Å²) in [7, 11) is 0. The molecule has 0 aliphatic heterocycles. The number of unbranched alkanes of at least 4 members (excludes halogenated alkanes) is 2. The molecule has 0 aromatic rings. The number of carbonyl (C=O) groups excluding carboxylic acids is 4. The Bertz CT molecular complexity index is 570. The fraction of sp³-hybridized carbons (Fsp3) is 0.524. The van der Waals surface area contributed by atoms with E-state index in [1.807, 2.05) is 38.2 Å². The molecule has 0 aromatic heterocycles. The average Bonchev–Trinajstić information content (AvgIpc) is 2.66. The van der Waals surface area contributed by atoms with E-state index in [0.717, 1.165) is 0 Å². The number of carboxylic acids is 1. The maximum Gasteiger partial charge on any atom is 1.00 e. The molecule has 156 valence electrons. The van der Waals surface area contributed by atoms with Crippen LogP contribution in [0.5, 0.6) is 0 Å². The molecule has 7 nitrogen and oxygen atoms in total. The van der Waals surface area contributed by atoms with Crippen molar-refractivity contribution < 1.29 is 58.6 Å². The Morgan fingerprint density at radius 1 is 1.00 bits per heavy atom. The first-order valence-corrected chi connectivity index (χ1v) is 9.43. The van der Waals surface area contributed by atoms with Gasteiger partial charge in [0, 0.05) is 12.8 Å². The van der Waals surface area contributed by atoms with E-state index in [4.69, 9.17) is 4.74 Å². The van der Waals surface area contributed by atoms with E-state index in [0.29, 0.717) is 30.6 Å². The van der Waals surface area contributed by atoms with Crippen LogP contribution in [0.25, 0.3) is 0 Å². The zero-order valence-electron chi connectivity index (χ0n) is 17.7. The van der Waals surface area contributed by atoms with Gasteiger partial charge in [-0.2, -0.15) is 0 Å². The predicted octanol–water partition coefficient (Wildman–Crippen LogP) is -0.924. The van der Waals surface area contributed by atoms with Crippen molar-refractivity contribution >= 4 is 23.8 Å². The molecule has 1 unspecified atom stereocenters. The Morgan fingerprint density at radius 2 is 1.48 bits per heavy atom. The van der Waals surface area contributed by atoms with Gasteiger partial charge in [0.1, 0.15) is 6.61 Å². The van der Waals surface area contributed by atoms with Crippen molar-refractivity contribution in [3.8, 4) is 0 Å². The second kappa shape index (κ2) is 18.3. The number of nitrogens with zero attached hydrogens (tertiary/aromatic N) is 1. The van der Waals surface area contributed by atoms with Crippen LogP contribution in [0.15, 0.2) is 37.0 Å². The molecule has 0 N–H and O–H groups in total. The fourth-order valence-electron chi connectivity index (χ4n) is 2.45. The number of imide groups is 1. The molecule has 2 amide bonds. The van der Waals surface area contributed by atoms with E-state index in [-0.39, 0.29) is 49.0 Å². The van der Waals surface area contributed by atoms with E-state index < -0.39 is 36.2 Å². The van der Waals surface area contributed by atoms with Crippen LogP contribution in [0.4, 0.5) is 0 Å². The van der Waals surface area contributed by atoms with Gasteiger partial charge in [0.2, 0.25) is 11.8 Å². The van der Waals surface area contributed by atoms with Gasteiger partial charge in [0.05, 0.1) is 18.4 Å². The third-order valence-electron chi connectivity index (χ3n) is 3.84. The Kier molecular flexibility index (Phi) is 18.7. The quantitative estimate of drug-likeness (QED) is 0.157. The second-order valence-corrected chi connectivity index (χ2v) is 6.09. The summed E-state index contributed by atoms with van der Waals surface area (Å²) < 4.78 is 4.79. The second-order valence-electron chi connectivity index (χ2n) is 6.09. The number of rotatable bonds is 14. The number of hydrogen-bond acceptors (Lipinski definition) is 6. The summed E-state index contributed by atoms with van der Waals surface area (Å²) >= 11 is 0. The Hall–Kier alpha value is -1.70. The predicted molar refractivity (Wildman–Crippen MR) is 104 cm³/mol. The molecular weight excluding hydrogens is 385 g/mol. The first-order valence-electron chi connectivity index (χ1n) is 9.43. The number of aliphatic carboxylic acids is 1. The molecule has 0 saturated carbocycles. The third kappa shape index (κ3) is 13.2. The molecule has 0 saturated heterocycles. The molecule has 0 aliphatic rings. The van der Waals surface area contributed by atoms with Crippen LogP contribution >= 0.6 is 0 Å². The van der Waals surface area contributed by atoms with Crippen LogP contribution < -0.4 is 34.7 Å². The number of esters is 1. The molecule has 0 heterocycles. The van der Waals surface area contributed by atoms with Crippen LogP contribution in [0.3, 0.4) is 0 Å². The number of carbonyl (C=O) groups is 4. The summed E-state index contributed by atoms with van der Waals surface area (Å²) in [5, 5.41) is 11.6. The third-order valence-corrected chi connectivity index (χ3v) is 3.84. The summed E-state index contributed by atoms with van der Waals surface area (Å²) in [6, 6.07) is -1.69. The molecule has 0 radical (unpaired) electrons. The normalized spacial score (nSPS) is 11.7. The molecule has 0 fully saturated rings. The van der Waals surface area contributed by atoms with Crippen molar-refractivity contribution in [2.24, 2.45) is 0 Å². The zero-order valence-corrected chi connectivity index (χ0v) is 19.7. The van der Waals surface area contributed by atoms with Crippen LogP contribution in [0.2, 0.25) is 0 Å². The van der Waals surface area contributed by atoms with Crippen LogP contribution in [0, 0.1) is 0 Å². The molecule has 1 atom stereocenters. The Labute approximate surface area is 195 Å². The van der Waals surface area contributed by atoms with E-state index in [1.165, 1.54) is 6.08 Å². The summed E-state index contributed by atoms with van der Waals surface area (Å²) in [6.07, 6.45) is 10.3. The van der Waals surface area contributed by atoms with Crippen molar-refractivity contribution in [1.29, 1.82) is 0 Å². The molecule has 0 bridgehead atoms. The van der Waals surface area contributed by atoms with E-state index in [9.17, 15) is 24.3 Å². The van der Waals surface area contributed by atoms with Gasteiger partial charge in [0.25, 0.3) is 0 Å². The first-order chi connectivity index (χ1) is 13.4. The maximum absolute atomic E-state index is 12.6. The van der Waals surface area contributed by atoms with Crippen molar-refractivity contribution in [2.45, 2.75) is 64.8 Å². The smallest absolute Gasteiger partial charge is 0.548 e. The Balaban J connectivity index is 0. The van der Waals surface area contributed by atoms with Gasteiger partial charge in [-0.15, -0.1) is 0 Å². The molecule has 0 aliphatic carbocycles. The minimum atomic E-state index is -1.69. The Morgan fingerprint density at radius 3 is 1.86 bits per heavy atom. The number of ether oxygens (including phenoxy) is 1. The van der Waals surface area contributed by atoms with Crippen molar-refractivity contribution in [3.05, 3.63) is 37.0 Å². The maximum atomic E-state index is 12.6. The number of carboxylic acid groups (broad SMARTS) is 1. The van der Waals surface area contributed by atoms with Crippen LogP contribution in [-0.2, 0) is 23.9 Å². The van der Waals surface area contributed by atoms with Gasteiger partial charge >= 0.3 is 35.5 Å². The minimum absolute atomic E-state index is 0. The summed E-state index contributed by atoms with van der Waals surface area (Å²) in [5.41, 5.74) is 0. The van der Waals surface area contributed by atoms with Crippen molar-refractivity contribution in [1.82, 2.24) is 4.90 Å². The SMILES string of the molecule is C=CCOC(=O)CC(C(=O)[O-])N(C(=O)CCC/C=C/C)C(=O)CCC/C=C/C.[Na+]. The number of amides is 2. The minimum Gasteiger partial charge on any atom is -0.548 e. The molecule has 0 spiro atoms.